The average Bonchev–Trinajstić information content (AvgIpc) is 2.76. The van der Waals surface area contributed by atoms with Gasteiger partial charge in [-0.2, -0.15) is 0 Å². The summed E-state index contributed by atoms with van der Waals surface area (Å²) in [6.07, 6.45) is 7.02. The van der Waals surface area contributed by atoms with Gasteiger partial charge in [0.2, 0.25) is 0 Å². The molecule has 5 atom stereocenters. The van der Waals surface area contributed by atoms with Crippen LogP contribution in [0, 0.1) is 17.3 Å². The Morgan fingerprint density at radius 2 is 1.95 bits per heavy atom. The first-order chi connectivity index (χ1) is 10.5. The summed E-state index contributed by atoms with van der Waals surface area (Å²) in [6.45, 7) is 4.43. The third-order valence-electron chi connectivity index (χ3n) is 7.50. The van der Waals surface area contributed by atoms with Crippen LogP contribution in [-0.2, 0) is 6.42 Å². The molecule has 0 spiro atoms. The van der Waals surface area contributed by atoms with E-state index in [0.717, 1.165) is 24.5 Å². The average molecular weight is 300 g/mol. The zero-order valence-corrected chi connectivity index (χ0v) is 14.1. The predicted octanol–water partition coefficient (Wildman–Crippen LogP) is 4.30. The lowest BCUT2D eigenvalue weighted by Crippen LogP contribution is -2.49. The minimum Gasteiger partial charge on any atom is -0.497 e. The minimum atomic E-state index is -0.469. The summed E-state index contributed by atoms with van der Waals surface area (Å²) in [7, 11) is 1.75. The second-order valence-corrected chi connectivity index (χ2v) is 8.25. The van der Waals surface area contributed by atoms with E-state index in [1.807, 2.05) is 0 Å². The Bertz CT molecular complexity index is 591. The molecule has 0 bridgehead atoms. The van der Waals surface area contributed by atoms with Gasteiger partial charge >= 0.3 is 0 Å². The van der Waals surface area contributed by atoms with Crippen LogP contribution in [0.1, 0.15) is 63.0 Å². The van der Waals surface area contributed by atoms with Crippen LogP contribution in [0.3, 0.4) is 0 Å². The lowest BCUT2D eigenvalue weighted by molar-refractivity contribution is -0.0901. The van der Waals surface area contributed by atoms with Gasteiger partial charge in [-0.25, -0.2) is 0 Å². The number of ether oxygens (including phenoxy) is 1. The standard InChI is InChI=1S/C20H28O2/c1-19-10-8-16-15-7-5-14(22-3)12-13(15)4-6-17(16)18(19)9-11-20(19,2)21/h5,7,12,16-18,21H,4,6,8-11H2,1-3H3/t16-,17-,18+,19-,20-/m1/s1. The molecule has 2 nitrogen and oxygen atoms in total. The van der Waals surface area contributed by atoms with Crippen LogP contribution in [0.15, 0.2) is 18.2 Å². The van der Waals surface area contributed by atoms with Gasteiger partial charge in [0.15, 0.2) is 0 Å². The second kappa shape index (κ2) is 4.74. The molecule has 3 aliphatic carbocycles. The smallest absolute Gasteiger partial charge is 0.119 e. The number of hydrogen-bond acceptors (Lipinski definition) is 2. The van der Waals surface area contributed by atoms with Crippen molar-refractivity contribution in [1.82, 2.24) is 0 Å². The molecule has 0 saturated heterocycles. The summed E-state index contributed by atoms with van der Waals surface area (Å²) in [5.41, 5.74) is 2.71. The molecule has 1 aromatic rings. The van der Waals surface area contributed by atoms with Gasteiger partial charge in [0.05, 0.1) is 12.7 Å². The van der Waals surface area contributed by atoms with Crippen molar-refractivity contribution >= 4 is 0 Å². The fourth-order valence-corrected chi connectivity index (χ4v) is 5.93. The van der Waals surface area contributed by atoms with Crippen molar-refractivity contribution < 1.29 is 9.84 Å². The van der Waals surface area contributed by atoms with Crippen molar-refractivity contribution in [2.45, 2.75) is 63.9 Å². The van der Waals surface area contributed by atoms with Gasteiger partial charge in [-0.15, -0.1) is 0 Å². The van der Waals surface area contributed by atoms with Gasteiger partial charge in [0, 0.05) is 0 Å². The summed E-state index contributed by atoms with van der Waals surface area (Å²) in [5.74, 6) is 3.13. The van der Waals surface area contributed by atoms with E-state index in [2.05, 4.69) is 32.0 Å². The quantitative estimate of drug-likeness (QED) is 0.838. The molecule has 2 heteroatoms. The molecule has 3 aliphatic rings. The summed E-state index contributed by atoms with van der Waals surface area (Å²) < 4.78 is 5.40. The zero-order valence-electron chi connectivity index (χ0n) is 14.1. The van der Waals surface area contributed by atoms with Crippen molar-refractivity contribution in [2.24, 2.45) is 17.3 Å². The van der Waals surface area contributed by atoms with Crippen LogP contribution < -0.4 is 4.74 Å². The Kier molecular flexibility index (Phi) is 3.14. The van der Waals surface area contributed by atoms with E-state index in [1.165, 1.54) is 31.2 Å². The van der Waals surface area contributed by atoms with Crippen LogP contribution in [0.4, 0.5) is 0 Å². The number of hydrogen-bond donors (Lipinski definition) is 1. The van der Waals surface area contributed by atoms with E-state index in [4.69, 9.17) is 4.74 Å². The van der Waals surface area contributed by atoms with Crippen LogP contribution in [0.2, 0.25) is 0 Å². The lowest BCUT2D eigenvalue weighted by atomic mass is 9.53. The van der Waals surface area contributed by atoms with Gasteiger partial charge in [-0.1, -0.05) is 13.0 Å². The molecular weight excluding hydrogens is 272 g/mol. The van der Waals surface area contributed by atoms with E-state index in [0.29, 0.717) is 11.8 Å². The highest BCUT2D eigenvalue weighted by Crippen LogP contribution is 2.64. The van der Waals surface area contributed by atoms with Crippen molar-refractivity contribution in [1.29, 1.82) is 0 Å². The SMILES string of the molecule is COc1ccc2c(c1)CC[C@@H]1[C@@H]2CC[C@]2(C)[C@H]1CC[C@@]2(C)O. The molecule has 0 heterocycles. The van der Waals surface area contributed by atoms with Crippen molar-refractivity contribution in [3.8, 4) is 5.75 Å². The molecule has 120 valence electrons. The molecule has 0 unspecified atom stereocenters. The summed E-state index contributed by atoms with van der Waals surface area (Å²) >= 11 is 0. The van der Waals surface area contributed by atoms with Gasteiger partial charge in [-0.05, 0) is 91.9 Å². The lowest BCUT2D eigenvalue weighted by Gasteiger charge is -2.52. The molecular formula is C20H28O2. The number of rotatable bonds is 1. The molecule has 4 rings (SSSR count). The Labute approximate surface area is 133 Å². The fourth-order valence-electron chi connectivity index (χ4n) is 5.93. The van der Waals surface area contributed by atoms with E-state index in [-0.39, 0.29) is 5.41 Å². The largest absolute Gasteiger partial charge is 0.497 e. The highest BCUT2D eigenvalue weighted by Gasteiger charge is 2.59. The molecule has 2 saturated carbocycles. The Balaban J connectivity index is 1.69. The summed E-state index contributed by atoms with van der Waals surface area (Å²) in [5, 5.41) is 10.9. The maximum absolute atomic E-state index is 10.9. The van der Waals surface area contributed by atoms with Crippen LogP contribution >= 0.6 is 0 Å². The van der Waals surface area contributed by atoms with E-state index in [9.17, 15) is 5.11 Å². The maximum Gasteiger partial charge on any atom is 0.119 e. The van der Waals surface area contributed by atoms with Crippen LogP contribution in [-0.4, -0.2) is 17.8 Å². The Morgan fingerprint density at radius 3 is 2.73 bits per heavy atom. The zero-order chi connectivity index (χ0) is 15.5. The highest BCUT2D eigenvalue weighted by atomic mass is 16.5. The number of aliphatic hydroxyl groups is 1. The van der Waals surface area contributed by atoms with Gasteiger partial charge in [-0.3, -0.25) is 0 Å². The first kappa shape index (κ1) is 14.6. The number of fused-ring (bicyclic) bond motifs is 5. The second-order valence-electron chi connectivity index (χ2n) is 8.25. The Morgan fingerprint density at radius 1 is 1.14 bits per heavy atom. The van der Waals surface area contributed by atoms with E-state index < -0.39 is 5.60 Å². The molecule has 22 heavy (non-hydrogen) atoms. The van der Waals surface area contributed by atoms with Gasteiger partial charge < -0.3 is 9.84 Å². The van der Waals surface area contributed by atoms with Crippen molar-refractivity contribution in [2.75, 3.05) is 7.11 Å². The first-order valence-electron chi connectivity index (χ1n) is 8.85. The third-order valence-corrected chi connectivity index (χ3v) is 7.50. The first-order valence-corrected chi connectivity index (χ1v) is 8.85. The number of aryl methyl sites for hydroxylation is 1. The summed E-state index contributed by atoms with van der Waals surface area (Å²) in [4.78, 5) is 0. The van der Waals surface area contributed by atoms with Gasteiger partial charge in [0.1, 0.15) is 5.75 Å². The topological polar surface area (TPSA) is 29.5 Å². The van der Waals surface area contributed by atoms with Crippen molar-refractivity contribution in [3.05, 3.63) is 29.3 Å². The number of benzene rings is 1. The molecule has 0 amide bonds. The van der Waals surface area contributed by atoms with Crippen LogP contribution in [0.5, 0.6) is 5.75 Å². The molecule has 2 fully saturated rings. The fraction of sp³-hybridized carbons (Fsp3) is 0.700. The molecule has 1 aromatic carbocycles. The molecule has 0 aliphatic heterocycles. The predicted molar refractivity (Wildman–Crippen MR) is 88.2 cm³/mol. The van der Waals surface area contributed by atoms with Gasteiger partial charge in [0.25, 0.3) is 0 Å². The van der Waals surface area contributed by atoms with E-state index in [1.54, 1.807) is 12.7 Å². The highest BCUT2D eigenvalue weighted by molar-refractivity contribution is 5.40. The Hall–Kier alpha value is -1.02. The summed E-state index contributed by atoms with van der Waals surface area (Å²) in [6, 6.07) is 6.67. The van der Waals surface area contributed by atoms with Crippen LogP contribution in [0.25, 0.3) is 0 Å². The monoisotopic (exact) mass is 300 g/mol. The minimum absolute atomic E-state index is 0.123. The van der Waals surface area contributed by atoms with E-state index >= 15 is 0 Å². The van der Waals surface area contributed by atoms with Crippen molar-refractivity contribution in [3.63, 3.8) is 0 Å². The molecule has 0 aromatic heterocycles. The maximum atomic E-state index is 10.9. The molecule has 1 N–H and O–H groups in total. The number of methoxy groups -OCH3 is 1. The third kappa shape index (κ3) is 1.83. The normalized spacial score (nSPS) is 43.2. The molecule has 0 radical (unpaired) electrons.